The Bertz CT molecular complexity index is 1570. The van der Waals surface area contributed by atoms with E-state index in [2.05, 4.69) is 10.1 Å². The van der Waals surface area contributed by atoms with Crippen LogP contribution < -0.4 is 4.74 Å². The molecule has 0 radical (unpaired) electrons. The van der Waals surface area contributed by atoms with Crippen molar-refractivity contribution in [3.05, 3.63) is 70.9 Å². The van der Waals surface area contributed by atoms with Crippen LogP contribution in [0, 0.1) is 11.7 Å². The predicted octanol–water partition coefficient (Wildman–Crippen LogP) is 4.43. The highest BCUT2D eigenvalue weighted by molar-refractivity contribution is 7.15. The van der Waals surface area contributed by atoms with E-state index in [1.54, 1.807) is 41.3 Å². The number of likely N-dealkylation sites (tertiary alicyclic amines) is 1. The Hall–Kier alpha value is -4.62. The maximum Gasteiger partial charge on any atom is 0.418 e. The van der Waals surface area contributed by atoms with Crippen molar-refractivity contribution in [3.8, 4) is 33.7 Å². The number of carbonyl (C=O) groups excluding carboxylic acids is 1. The Balaban J connectivity index is 1.30. The first-order chi connectivity index (χ1) is 19.2. The summed E-state index contributed by atoms with van der Waals surface area (Å²) >= 11 is 1.38. The molecule has 0 amide bonds. The number of aromatic nitrogens is 2. The van der Waals surface area contributed by atoms with E-state index in [0.29, 0.717) is 23.6 Å². The fourth-order valence-electron chi connectivity index (χ4n) is 4.20. The number of aryl methyl sites for hydroxylation is 1. The third kappa shape index (κ3) is 5.55. The molecular formula is C27H22FN3O8S. The number of aliphatic carboxylic acids is 2. The lowest BCUT2D eigenvalue weighted by atomic mass is 9.97. The Labute approximate surface area is 230 Å². The Morgan fingerprint density at radius 3 is 2.58 bits per heavy atom. The first-order valence-electron chi connectivity index (χ1n) is 12.1. The summed E-state index contributed by atoms with van der Waals surface area (Å²) in [4.78, 5) is 41.6. The minimum atomic E-state index is -1.79. The topological polar surface area (TPSA) is 152 Å². The molecule has 3 heterocycles. The van der Waals surface area contributed by atoms with E-state index in [-0.39, 0.29) is 24.7 Å². The van der Waals surface area contributed by atoms with Gasteiger partial charge in [-0.05, 0) is 54.4 Å². The summed E-state index contributed by atoms with van der Waals surface area (Å²) < 4.78 is 29.8. The van der Waals surface area contributed by atoms with E-state index >= 15 is 0 Å². The van der Waals surface area contributed by atoms with E-state index < -0.39 is 35.9 Å². The average Bonchev–Trinajstić information content (AvgIpc) is 3.58. The van der Waals surface area contributed by atoms with E-state index in [0.717, 1.165) is 15.3 Å². The van der Waals surface area contributed by atoms with Crippen molar-refractivity contribution in [2.24, 2.45) is 5.92 Å². The Morgan fingerprint density at radius 1 is 1.15 bits per heavy atom. The van der Waals surface area contributed by atoms with Gasteiger partial charge in [0, 0.05) is 23.5 Å². The van der Waals surface area contributed by atoms with E-state index in [1.165, 1.54) is 23.5 Å². The molecule has 1 aliphatic rings. The fraction of sp³-hybridized carbons (Fsp3) is 0.222. The molecule has 2 aromatic carbocycles. The standard InChI is InChI=1S/C27H22FN3O8S/c1-2-14-11-17(12-31-13-18(25(32)33)24(31)38-27(36)26(34)35)40-21(14)22-29-23(39-30-22)15-7-9-16(10-8-15)37-20-6-4-3-5-19(20)28/h3-11,18,24H,2,12-13H2,1H3,(H,32,33)(H,34,35). The van der Waals surface area contributed by atoms with Gasteiger partial charge < -0.3 is 24.2 Å². The largest absolute Gasteiger partial charge is 0.481 e. The van der Waals surface area contributed by atoms with E-state index in [9.17, 15) is 23.9 Å². The van der Waals surface area contributed by atoms with E-state index in [4.69, 9.17) is 19.1 Å². The van der Waals surface area contributed by atoms with Crippen molar-refractivity contribution in [1.29, 1.82) is 0 Å². The fourth-order valence-corrected chi connectivity index (χ4v) is 5.41. The average molecular weight is 568 g/mol. The molecule has 2 N–H and O–H groups in total. The number of nitrogens with zero attached hydrogens (tertiary/aromatic N) is 3. The highest BCUT2D eigenvalue weighted by atomic mass is 32.1. The Kier molecular flexibility index (Phi) is 7.58. The quantitative estimate of drug-likeness (QED) is 0.218. The normalized spacial score (nSPS) is 16.8. The third-order valence-corrected chi connectivity index (χ3v) is 7.41. The first-order valence-corrected chi connectivity index (χ1v) is 12.9. The summed E-state index contributed by atoms with van der Waals surface area (Å²) in [5, 5.41) is 22.3. The summed E-state index contributed by atoms with van der Waals surface area (Å²) in [6, 6.07) is 14.8. The van der Waals surface area contributed by atoms with Gasteiger partial charge in [-0.1, -0.05) is 24.2 Å². The maximum atomic E-state index is 13.9. The van der Waals surface area contributed by atoms with Crippen molar-refractivity contribution in [2.75, 3.05) is 6.54 Å². The SMILES string of the molecule is CCc1cc(CN2CC(C(=O)O)C2OC(=O)C(=O)O)sc1-c1noc(-c2ccc(Oc3ccccc3F)cc2)n1. The summed E-state index contributed by atoms with van der Waals surface area (Å²) in [6.45, 7) is 2.31. The number of halogens is 1. The number of carboxylic acid groups (broad SMARTS) is 2. The number of carboxylic acids is 2. The van der Waals surface area contributed by atoms with Crippen LogP contribution in [0.25, 0.3) is 22.2 Å². The first kappa shape index (κ1) is 27.0. The lowest BCUT2D eigenvalue weighted by Crippen LogP contribution is -2.60. The van der Waals surface area contributed by atoms with Gasteiger partial charge in [-0.3, -0.25) is 9.69 Å². The third-order valence-electron chi connectivity index (χ3n) is 6.25. The molecule has 0 saturated carbocycles. The second kappa shape index (κ2) is 11.2. The molecule has 4 aromatic rings. The van der Waals surface area contributed by atoms with Crippen LogP contribution in [0.15, 0.2) is 59.1 Å². The number of ether oxygens (including phenoxy) is 2. The minimum absolute atomic E-state index is 0.102. The van der Waals surface area contributed by atoms with Gasteiger partial charge in [0.1, 0.15) is 11.7 Å². The number of para-hydroxylation sites is 1. The molecule has 1 saturated heterocycles. The van der Waals surface area contributed by atoms with Gasteiger partial charge >= 0.3 is 17.9 Å². The molecule has 2 atom stereocenters. The van der Waals surface area contributed by atoms with Gasteiger partial charge in [-0.15, -0.1) is 11.3 Å². The van der Waals surface area contributed by atoms with Gasteiger partial charge in [-0.25, -0.2) is 14.0 Å². The van der Waals surface area contributed by atoms with E-state index in [1.807, 2.05) is 13.0 Å². The van der Waals surface area contributed by atoms with Crippen molar-refractivity contribution in [2.45, 2.75) is 26.1 Å². The van der Waals surface area contributed by atoms with Crippen molar-refractivity contribution in [3.63, 3.8) is 0 Å². The Morgan fingerprint density at radius 2 is 1.90 bits per heavy atom. The van der Waals surface area contributed by atoms with Crippen LogP contribution in [-0.4, -0.2) is 55.9 Å². The highest BCUT2D eigenvalue weighted by Gasteiger charge is 2.47. The summed E-state index contributed by atoms with van der Waals surface area (Å²) in [5.41, 5.74) is 1.58. The van der Waals surface area contributed by atoms with Gasteiger partial charge in [-0.2, -0.15) is 4.98 Å². The lowest BCUT2D eigenvalue weighted by Gasteiger charge is -2.44. The zero-order valence-corrected chi connectivity index (χ0v) is 21.8. The van der Waals surface area contributed by atoms with Gasteiger partial charge in [0.25, 0.3) is 5.89 Å². The molecule has 2 unspecified atom stereocenters. The molecule has 11 nitrogen and oxygen atoms in total. The van der Waals surface area contributed by atoms with Crippen LogP contribution in [0.3, 0.4) is 0 Å². The zero-order valence-electron chi connectivity index (χ0n) is 20.9. The van der Waals surface area contributed by atoms with Gasteiger partial charge in [0.15, 0.2) is 17.8 Å². The van der Waals surface area contributed by atoms with Crippen LogP contribution in [0.2, 0.25) is 0 Å². The highest BCUT2D eigenvalue weighted by Crippen LogP contribution is 2.36. The number of carbonyl (C=O) groups is 3. The number of hydrogen-bond donors (Lipinski definition) is 2. The van der Waals surface area contributed by atoms with Crippen molar-refractivity contribution in [1.82, 2.24) is 15.0 Å². The molecule has 40 heavy (non-hydrogen) atoms. The second-order valence-corrected chi connectivity index (χ2v) is 10.0. The predicted molar refractivity (Wildman–Crippen MR) is 138 cm³/mol. The summed E-state index contributed by atoms with van der Waals surface area (Å²) in [7, 11) is 0. The van der Waals surface area contributed by atoms with Crippen molar-refractivity contribution < 1.29 is 43.0 Å². The van der Waals surface area contributed by atoms with Gasteiger partial charge in [0.05, 0.1) is 4.88 Å². The molecule has 0 aliphatic carbocycles. The summed E-state index contributed by atoms with van der Waals surface area (Å²) in [6.07, 6.45) is -0.522. The number of hydrogen-bond acceptors (Lipinski definition) is 10. The van der Waals surface area contributed by atoms with Crippen LogP contribution in [0.5, 0.6) is 11.5 Å². The summed E-state index contributed by atoms with van der Waals surface area (Å²) in [5.74, 6) is -4.76. The zero-order chi connectivity index (χ0) is 28.4. The molecule has 0 bridgehead atoms. The number of rotatable bonds is 9. The van der Waals surface area contributed by atoms with Crippen molar-refractivity contribution >= 4 is 29.2 Å². The number of thiophene rings is 1. The van der Waals surface area contributed by atoms with Crippen LogP contribution >= 0.6 is 11.3 Å². The van der Waals surface area contributed by atoms with Crippen LogP contribution in [0.1, 0.15) is 17.4 Å². The molecule has 13 heteroatoms. The number of benzene rings is 2. The lowest BCUT2D eigenvalue weighted by molar-refractivity contribution is -0.204. The molecule has 206 valence electrons. The molecule has 5 rings (SSSR count). The smallest absolute Gasteiger partial charge is 0.418 e. The number of esters is 1. The van der Waals surface area contributed by atoms with Gasteiger partial charge in [0.2, 0.25) is 5.82 Å². The molecule has 2 aromatic heterocycles. The molecule has 0 spiro atoms. The molecule has 1 fully saturated rings. The van der Waals surface area contributed by atoms with Crippen LogP contribution in [0.4, 0.5) is 4.39 Å². The van der Waals surface area contributed by atoms with Crippen LogP contribution in [-0.2, 0) is 32.1 Å². The maximum absolute atomic E-state index is 13.9. The second-order valence-electron chi connectivity index (χ2n) is 8.88. The minimum Gasteiger partial charge on any atom is -0.481 e. The molecule has 1 aliphatic heterocycles. The monoisotopic (exact) mass is 567 g/mol. The molecular weight excluding hydrogens is 545 g/mol.